The van der Waals surface area contributed by atoms with Crippen LogP contribution in [0.1, 0.15) is 13.8 Å². The van der Waals surface area contributed by atoms with E-state index in [4.69, 9.17) is 37.9 Å². The molecule has 4 aliphatic rings. The maximum absolute atomic E-state index is 12.8. The van der Waals surface area contributed by atoms with E-state index >= 15 is 0 Å². The molecule has 4 fully saturated rings. The number of nitrogens with one attached hydrogen (secondary N) is 2. The summed E-state index contributed by atoms with van der Waals surface area (Å²) in [7, 11) is -11.1. The van der Waals surface area contributed by atoms with Gasteiger partial charge in [-0.3, -0.25) is 18.7 Å². The molecule has 64 heavy (non-hydrogen) atoms. The lowest BCUT2D eigenvalue weighted by Gasteiger charge is -2.50. The largest absolute Gasteiger partial charge is 0.479 e. The van der Waals surface area contributed by atoms with Crippen LogP contribution in [0.15, 0.2) is 12.7 Å². The molecule has 13 N–H and O–H groups in total. The highest BCUT2D eigenvalue weighted by Crippen LogP contribution is 2.36. The normalized spacial score (nSPS) is 40.8. The van der Waals surface area contributed by atoms with Crippen molar-refractivity contribution < 1.29 is 137 Å². The summed E-state index contributed by atoms with van der Waals surface area (Å²) in [6.07, 6.45) is -39.7. The Morgan fingerprint density at radius 3 is 1.39 bits per heavy atom. The highest BCUT2D eigenvalue weighted by Gasteiger charge is 2.59. The van der Waals surface area contributed by atoms with Crippen LogP contribution >= 0.6 is 0 Å². The minimum atomic E-state index is -5.60. The Labute approximate surface area is 361 Å². The lowest BCUT2D eigenvalue weighted by Crippen LogP contribution is -2.71. The molecule has 0 saturated carbocycles. The first-order chi connectivity index (χ1) is 29.7. The lowest BCUT2D eigenvalue weighted by molar-refractivity contribution is -0.367. The third-order valence-corrected chi connectivity index (χ3v) is 10.6. The molecular weight excluding hydrogens is 928 g/mol. The summed E-state index contributed by atoms with van der Waals surface area (Å²) in [6, 6.07) is -3.84. The first kappa shape index (κ1) is 53.4. The standard InChI is InChI=1S/C31H48N2O29S2/c1-4-5-53-28-12(32-8(2)36)21(19(10(6-34)54-28)61-63(47,48)49)56-31-18(42)16(40)23(25(60-31)27(45)46)58-29-13(33-9(3)37)22(20(11(7-35)55-29)62-64(50,51)52)57-30-17(41)14(38)15(39)24(59-30)26(43)44/h4,10-25,28-31,34-35,38-42H,1,5-7H2,2-3H3,(H,32,36)(H,33,37)(H,43,44)(H,45,46)(H,47,48,49)(H,50,51,52)/t10?,11?,12-,13?,14+,15-,16-,17-,18-,19+,20+,21-,22-,23-,24?,25?,28?,29+,30?,31?/m1/s1. The van der Waals surface area contributed by atoms with E-state index in [9.17, 15) is 91.1 Å². The van der Waals surface area contributed by atoms with Crippen LogP contribution in [-0.4, -0.2) is 238 Å². The topological polar surface area (TPSA) is 475 Å². The van der Waals surface area contributed by atoms with Gasteiger partial charge in [0.1, 0.15) is 85.3 Å². The first-order valence-electron chi connectivity index (χ1n) is 18.5. The van der Waals surface area contributed by atoms with Gasteiger partial charge in [-0.25, -0.2) is 18.0 Å². The number of aliphatic carboxylic acids is 2. The Balaban J connectivity index is 1.75. The summed E-state index contributed by atoms with van der Waals surface area (Å²) in [5.41, 5.74) is 0. The van der Waals surface area contributed by atoms with Crippen LogP contribution < -0.4 is 10.6 Å². The van der Waals surface area contributed by atoms with E-state index < -0.39 is 180 Å². The van der Waals surface area contributed by atoms with E-state index in [-0.39, 0.29) is 6.61 Å². The number of carbonyl (C=O) groups is 4. The fraction of sp³-hybridized carbons (Fsp3) is 0.806. The van der Waals surface area contributed by atoms with Crippen LogP contribution in [0, 0.1) is 0 Å². The Morgan fingerprint density at radius 2 is 0.984 bits per heavy atom. The van der Waals surface area contributed by atoms with Gasteiger partial charge in [-0.2, -0.15) is 16.8 Å². The Hall–Kier alpha value is -3.24. The summed E-state index contributed by atoms with van der Waals surface area (Å²) >= 11 is 0. The fourth-order valence-corrected chi connectivity index (χ4v) is 8.09. The van der Waals surface area contributed by atoms with Crippen LogP contribution in [0.5, 0.6) is 0 Å². The molecule has 0 aliphatic carbocycles. The lowest BCUT2D eigenvalue weighted by atomic mass is 9.94. The number of carboxylic acid groups (broad SMARTS) is 2. The summed E-state index contributed by atoms with van der Waals surface area (Å²) in [5, 5.41) is 98.6. The molecule has 0 aromatic carbocycles. The third kappa shape index (κ3) is 13.0. The van der Waals surface area contributed by atoms with Crippen molar-refractivity contribution in [2.45, 2.75) is 137 Å². The van der Waals surface area contributed by atoms with Gasteiger partial charge in [-0.1, -0.05) is 6.08 Å². The number of aliphatic hydroxyl groups is 7. The number of carboxylic acids is 2. The molecular formula is C31H48N2O29S2. The number of carbonyl (C=O) groups excluding carboxylic acids is 2. The summed E-state index contributed by atoms with van der Waals surface area (Å²) in [6.45, 7) is 2.54. The molecule has 0 bridgehead atoms. The number of aliphatic hydroxyl groups excluding tert-OH is 7. The van der Waals surface area contributed by atoms with Gasteiger partial charge in [0, 0.05) is 13.8 Å². The van der Waals surface area contributed by atoms with Gasteiger partial charge in [0.05, 0.1) is 19.8 Å². The van der Waals surface area contributed by atoms with Gasteiger partial charge < -0.3 is 94.5 Å². The van der Waals surface area contributed by atoms with E-state index in [0.717, 1.165) is 13.8 Å². The molecule has 368 valence electrons. The second kappa shape index (κ2) is 22.0. The van der Waals surface area contributed by atoms with Crippen LogP contribution in [0.2, 0.25) is 0 Å². The van der Waals surface area contributed by atoms with Crippen LogP contribution in [0.4, 0.5) is 0 Å². The average molecular weight is 977 g/mol. The van der Waals surface area contributed by atoms with E-state index in [1.807, 2.05) is 0 Å². The molecule has 33 heteroatoms. The molecule has 0 spiro atoms. The Kier molecular flexibility index (Phi) is 18.4. The fourth-order valence-electron chi connectivity index (χ4n) is 7.06. The van der Waals surface area contributed by atoms with Crippen molar-refractivity contribution in [2.75, 3.05) is 19.8 Å². The van der Waals surface area contributed by atoms with E-state index in [0.29, 0.717) is 0 Å². The van der Waals surface area contributed by atoms with Gasteiger partial charge in [0.25, 0.3) is 0 Å². The molecule has 4 heterocycles. The van der Waals surface area contributed by atoms with Gasteiger partial charge in [0.2, 0.25) is 11.8 Å². The second-order valence-electron chi connectivity index (χ2n) is 14.3. The van der Waals surface area contributed by atoms with Gasteiger partial charge >= 0.3 is 32.7 Å². The predicted octanol–water partition coefficient (Wildman–Crippen LogP) is -8.41. The minimum absolute atomic E-state index is 0.312. The molecule has 4 aliphatic heterocycles. The smallest absolute Gasteiger partial charge is 0.397 e. The molecule has 0 aromatic rings. The molecule has 2 amide bonds. The average Bonchev–Trinajstić information content (AvgIpc) is 3.18. The minimum Gasteiger partial charge on any atom is -0.479 e. The molecule has 31 nitrogen and oxygen atoms in total. The Bertz CT molecular complexity index is 1880. The highest BCUT2D eigenvalue weighted by atomic mass is 32.3. The first-order valence-corrected chi connectivity index (χ1v) is 21.2. The number of ether oxygens (including phenoxy) is 8. The highest BCUT2D eigenvalue weighted by molar-refractivity contribution is 7.81. The number of rotatable bonds is 19. The van der Waals surface area contributed by atoms with Gasteiger partial charge in [0.15, 0.2) is 37.4 Å². The van der Waals surface area contributed by atoms with E-state index in [1.54, 1.807) is 0 Å². The van der Waals surface area contributed by atoms with Gasteiger partial charge in [-0.15, -0.1) is 6.58 Å². The van der Waals surface area contributed by atoms with E-state index in [2.05, 4.69) is 25.6 Å². The summed E-state index contributed by atoms with van der Waals surface area (Å²) in [5.74, 6) is -5.88. The molecule has 20 atom stereocenters. The van der Waals surface area contributed by atoms with Crippen molar-refractivity contribution in [3.8, 4) is 0 Å². The maximum atomic E-state index is 12.8. The predicted molar refractivity (Wildman–Crippen MR) is 193 cm³/mol. The monoisotopic (exact) mass is 976 g/mol. The maximum Gasteiger partial charge on any atom is 0.397 e. The van der Waals surface area contributed by atoms with Crippen molar-refractivity contribution in [3.63, 3.8) is 0 Å². The summed E-state index contributed by atoms with van der Waals surface area (Å²) < 4.78 is 121. The second-order valence-corrected chi connectivity index (χ2v) is 16.4. The third-order valence-electron chi connectivity index (χ3n) is 9.71. The van der Waals surface area contributed by atoms with Crippen molar-refractivity contribution in [1.29, 1.82) is 0 Å². The summed E-state index contributed by atoms with van der Waals surface area (Å²) in [4.78, 5) is 49.4. The van der Waals surface area contributed by atoms with Crippen LogP contribution in [0.25, 0.3) is 0 Å². The Morgan fingerprint density at radius 1 is 0.578 bits per heavy atom. The molecule has 4 rings (SSSR count). The number of hydrogen-bond acceptors (Lipinski definition) is 25. The van der Waals surface area contributed by atoms with Crippen molar-refractivity contribution in [1.82, 2.24) is 10.6 Å². The molecule has 8 unspecified atom stereocenters. The van der Waals surface area contributed by atoms with Crippen molar-refractivity contribution in [2.24, 2.45) is 0 Å². The zero-order valence-electron chi connectivity index (χ0n) is 33.0. The van der Waals surface area contributed by atoms with Crippen molar-refractivity contribution >= 4 is 44.6 Å². The van der Waals surface area contributed by atoms with Gasteiger partial charge in [-0.05, 0) is 0 Å². The molecule has 0 radical (unpaired) electrons. The molecule has 4 saturated heterocycles. The number of amides is 2. The quantitative estimate of drug-likeness (QED) is 0.0422. The zero-order valence-corrected chi connectivity index (χ0v) is 34.7. The van der Waals surface area contributed by atoms with E-state index in [1.165, 1.54) is 6.08 Å². The molecule has 0 aromatic heterocycles. The zero-order chi connectivity index (χ0) is 48.2. The number of hydrogen-bond donors (Lipinski definition) is 13. The van der Waals surface area contributed by atoms with Crippen LogP contribution in [-0.2, 0) is 86.2 Å². The van der Waals surface area contributed by atoms with Crippen molar-refractivity contribution in [3.05, 3.63) is 12.7 Å². The van der Waals surface area contributed by atoms with Crippen LogP contribution in [0.3, 0.4) is 0 Å². The SMILES string of the molecule is C=CCOC1OC(CO)[C@H](OS(=O)(=O)O)[C@H](OC2OC(C(=O)O)[C@H](O[C@@H]3OC(CO)[C@H](OS(=O)(=O)O)[C@H](OC4OC(C(=O)O)[C@H](O)[C@H](O)[C@H]4O)C3NC(C)=O)[C@H](O)[C@H]2O)[C@H]1NC(C)=O.